The molecule has 0 amide bonds. The molecule has 1 aliphatic carbocycles. The molecule has 0 N–H and O–H groups in total. The summed E-state index contributed by atoms with van der Waals surface area (Å²) in [6.45, 7) is 6.45. The molecule has 0 saturated heterocycles. The fraction of sp³-hybridized carbons (Fsp3) is 0.846. The first-order valence-electron chi connectivity index (χ1n) is 6.47. The van der Waals surface area contributed by atoms with Gasteiger partial charge in [0.15, 0.2) is 0 Å². The molecular formula is C13H22ClN3O. The lowest BCUT2D eigenvalue weighted by Crippen LogP contribution is -2.43. The van der Waals surface area contributed by atoms with Crippen LogP contribution >= 0.6 is 11.6 Å². The van der Waals surface area contributed by atoms with Crippen molar-refractivity contribution in [1.82, 2.24) is 14.8 Å². The van der Waals surface area contributed by atoms with Crippen molar-refractivity contribution in [2.24, 2.45) is 0 Å². The maximum Gasteiger partial charge on any atom is 0.148 e. The van der Waals surface area contributed by atoms with Gasteiger partial charge in [0.05, 0.1) is 11.5 Å². The first kappa shape index (κ1) is 13.8. The largest absolute Gasteiger partial charge is 0.378 e. The average Bonchev–Trinajstić information content (AvgIpc) is 2.65. The molecule has 1 saturated carbocycles. The summed E-state index contributed by atoms with van der Waals surface area (Å²) in [5, 5.41) is 8.52. The molecule has 0 aromatic carbocycles. The zero-order valence-corrected chi connectivity index (χ0v) is 12.4. The monoisotopic (exact) mass is 271 g/mol. The van der Waals surface area contributed by atoms with Gasteiger partial charge >= 0.3 is 0 Å². The molecular weight excluding hydrogens is 250 g/mol. The molecule has 4 nitrogen and oxygen atoms in total. The first-order valence-corrected chi connectivity index (χ1v) is 7.00. The van der Waals surface area contributed by atoms with Crippen molar-refractivity contribution in [2.45, 2.75) is 63.5 Å². The summed E-state index contributed by atoms with van der Waals surface area (Å²) >= 11 is 5.95. The van der Waals surface area contributed by atoms with Crippen LogP contribution in [0.5, 0.6) is 0 Å². The molecule has 18 heavy (non-hydrogen) atoms. The molecule has 1 aromatic rings. The summed E-state index contributed by atoms with van der Waals surface area (Å²) in [5.74, 6) is 2.22. The van der Waals surface area contributed by atoms with Gasteiger partial charge < -0.3 is 9.30 Å². The Hall–Kier alpha value is -0.610. The number of alkyl halides is 1. The molecule has 0 bridgehead atoms. The lowest BCUT2D eigenvalue weighted by atomic mass is 9.77. The smallest absolute Gasteiger partial charge is 0.148 e. The van der Waals surface area contributed by atoms with Gasteiger partial charge in [-0.2, -0.15) is 0 Å². The van der Waals surface area contributed by atoms with Gasteiger partial charge in [-0.1, -0.05) is 0 Å². The van der Waals surface area contributed by atoms with E-state index < -0.39 is 0 Å². The highest BCUT2D eigenvalue weighted by Gasteiger charge is 2.39. The second kappa shape index (κ2) is 4.82. The van der Waals surface area contributed by atoms with Crippen LogP contribution in [0, 0.1) is 0 Å². The summed E-state index contributed by atoms with van der Waals surface area (Å²) in [7, 11) is 1.79. The van der Waals surface area contributed by atoms with Crippen molar-refractivity contribution in [3.8, 4) is 0 Å². The SMILES string of the molecule is COC1(Cc2nnc(CCl)n2C(C)(C)C)CCC1. The second-order valence-corrected chi connectivity index (χ2v) is 6.36. The van der Waals surface area contributed by atoms with Gasteiger partial charge in [0.1, 0.15) is 11.6 Å². The van der Waals surface area contributed by atoms with Crippen molar-refractivity contribution in [2.75, 3.05) is 7.11 Å². The molecule has 0 aliphatic heterocycles. The van der Waals surface area contributed by atoms with Crippen molar-refractivity contribution in [1.29, 1.82) is 0 Å². The fourth-order valence-corrected chi connectivity index (χ4v) is 2.81. The average molecular weight is 272 g/mol. The molecule has 5 heteroatoms. The standard InChI is InChI=1S/C13H22ClN3O/c1-12(2,3)17-10(15-16-11(17)9-14)8-13(18-4)6-5-7-13/h5-9H2,1-4H3. The van der Waals surface area contributed by atoms with Gasteiger partial charge in [-0.25, -0.2) is 0 Å². The number of halogens is 1. The van der Waals surface area contributed by atoms with Gasteiger partial charge in [-0.05, 0) is 40.0 Å². The molecule has 0 unspecified atom stereocenters. The maximum absolute atomic E-state index is 5.95. The van der Waals surface area contributed by atoms with Gasteiger partial charge in [0, 0.05) is 19.1 Å². The van der Waals surface area contributed by atoms with Crippen molar-refractivity contribution in [3.63, 3.8) is 0 Å². The van der Waals surface area contributed by atoms with E-state index in [0.29, 0.717) is 5.88 Å². The Kier molecular flexibility index (Phi) is 3.70. The van der Waals surface area contributed by atoms with Crippen molar-refractivity contribution >= 4 is 11.6 Å². The van der Waals surface area contributed by atoms with Gasteiger partial charge in [0.2, 0.25) is 0 Å². The third-order valence-corrected chi connectivity index (χ3v) is 4.00. The van der Waals surface area contributed by atoms with Crippen LogP contribution in [0.3, 0.4) is 0 Å². The van der Waals surface area contributed by atoms with E-state index in [0.717, 1.165) is 30.9 Å². The highest BCUT2D eigenvalue weighted by atomic mass is 35.5. The van der Waals surface area contributed by atoms with Crippen LogP contribution in [0.15, 0.2) is 0 Å². The number of hydrogen-bond acceptors (Lipinski definition) is 3. The van der Waals surface area contributed by atoms with E-state index in [1.165, 1.54) is 6.42 Å². The molecule has 102 valence electrons. The topological polar surface area (TPSA) is 39.9 Å². The van der Waals surface area contributed by atoms with E-state index in [-0.39, 0.29) is 11.1 Å². The van der Waals surface area contributed by atoms with Crippen LogP contribution in [0.4, 0.5) is 0 Å². The predicted molar refractivity (Wildman–Crippen MR) is 71.9 cm³/mol. The Morgan fingerprint density at radius 2 is 1.89 bits per heavy atom. The molecule has 0 radical (unpaired) electrons. The molecule has 1 aliphatic rings. The summed E-state index contributed by atoms with van der Waals surface area (Å²) in [4.78, 5) is 0. The van der Waals surface area contributed by atoms with E-state index in [9.17, 15) is 0 Å². The Labute approximate surface area is 114 Å². The number of nitrogens with zero attached hydrogens (tertiary/aromatic N) is 3. The normalized spacial score (nSPS) is 18.7. The highest BCUT2D eigenvalue weighted by molar-refractivity contribution is 6.16. The van der Waals surface area contributed by atoms with Gasteiger partial charge in [-0.15, -0.1) is 21.8 Å². The summed E-state index contributed by atoms with van der Waals surface area (Å²) in [5.41, 5.74) is -0.0820. The van der Waals surface area contributed by atoms with Crippen LogP contribution in [-0.2, 0) is 22.6 Å². The zero-order chi connectivity index (χ0) is 13.4. The predicted octanol–water partition coefficient (Wildman–Crippen LogP) is 2.88. The lowest BCUT2D eigenvalue weighted by molar-refractivity contribution is -0.0730. The number of ether oxygens (including phenoxy) is 1. The van der Waals surface area contributed by atoms with Crippen LogP contribution in [0.2, 0.25) is 0 Å². The first-order chi connectivity index (χ1) is 8.42. The minimum absolute atomic E-state index is 0.0282. The van der Waals surface area contributed by atoms with Crippen LogP contribution in [0.1, 0.15) is 51.7 Å². The molecule has 0 atom stereocenters. The molecule has 0 spiro atoms. The van der Waals surface area contributed by atoms with E-state index in [4.69, 9.17) is 16.3 Å². The van der Waals surface area contributed by atoms with E-state index in [2.05, 4.69) is 35.5 Å². The van der Waals surface area contributed by atoms with Crippen LogP contribution < -0.4 is 0 Å². The van der Waals surface area contributed by atoms with Gasteiger partial charge in [-0.3, -0.25) is 0 Å². The van der Waals surface area contributed by atoms with Crippen molar-refractivity contribution in [3.05, 3.63) is 11.6 Å². The zero-order valence-electron chi connectivity index (χ0n) is 11.7. The summed E-state index contributed by atoms with van der Waals surface area (Å²) in [6, 6.07) is 0. The molecule has 1 heterocycles. The number of rotatable bonds is 4. The number of aromatic nitrogens is 3. The highest BCUT2D eigenvalue weighted by Crippen LogP contribution is 2.38. The van der Waals surface area contributed by atoms with E-state index in [1.807, 2.05) is 0 Å². The van der Waals surface area contributed by atoms with Gasteiger partial charge in [0.25, 0.3) is 0 Å². The summed E-state index contributed by atoms with van der Waals surface area (Å²) < 4.78 is 7.83. The van der Waals surface area contributed by atoms with E-state index >= 15 is 0 Å². The van der Waals surface area contributed by atoms with Crippen molar-refractivity contribution < 1.29 is 4.74 Å². The van der Waals surface area contributed by atoms with E-state index in [1.54, 1.807) is 7.11 Å². The number of methoxy groups -OCH3 is 1. The minimum Gasteiger partial charge on any atom is -0.378 e. The minimum atomic E-state index is -0.0538. The summed E-state index contributed by atoms with van der Waals surface area (Å²) in [6.07, 6.45) is 4.28. The second-order valence-electron chi connectivity index (χ2n) is 6.09. The molecule has 1 aromatic heterocycles. The Morgan fingerprint density at radius 1 is 1.28 bits per heavy atom. The third-order valence-electron chi connectivity index (χ3n) is 3.77. The molecule has 2 rings (SSSR count). The quantitative estimate of drug-likeness (QED) is 0.791. The lowest BCUT2D eigenvalue weighted by Gasteiger charge is -2.40. The third kappa shape index (κ3) is 2.41. The molecule has 1 fully saturated rings. The fourth-order valence-electron chi connectivity index (χ4n) is 2.64. The Morgan fingerprint density at radius 3 is 2.28 bits per heavy atom. The Bertz CT molecular complexity index is 413. The maximum atomic E-state index is 5.95. The Balaban J connectivity index is 2.31. The number of hydrogen-bond donors (Lipinski definition) is 0. The van der Waals surface area contributed by atoms with Crippen LogP contribution in [0.25, 0.3) is 0 Å². The van der Waals surface area contributed by atoms with Crippen LogP contribution in [-0.4, -0.2) is 27.5 Å².